The Labute approximate surface area is 157 Å². The Hall–Kier alpha value is -3.35. The molecule has 0 aliphatic heterocycles. The summed E-state index contributed by atoms with van der Waals surface area (Å²) in [5.74, 6) is -0.290. The number of benzene rings is 2. The van der Waals surface area contributed by atoms with E-state index >= 15 is 0 Å². The molecule has 2 rings (SSSR count). The van der Waals surface area contributed by atoms with E-state index < -0.39 is 12.6 Å². The number of carbonyl (C=O) groups excluding carboxylic acids is 1. The maximum Gasteiger partial charge on any atom is 0.341 e. The summed E-state index contributed by atoms with van der Waals surface area (Å²) in [5.41, 5.74) is 5.84. The summed E-state index contributed by atoms with van der Waals surface area (Å²) in [7, 11) is 0. The maximum absolute atomic E-state index is 11.9. The number of hydrogen-bond donors (Lipinski definition) is 2. The number of carboxylic acids is 1. The van der Waals surface area contributed by atoms with E-state index in [1.54, 1.807) is 31.2 Å². The topological polar surface area (TPSA) is 97.2 Å². The molecular formula is C20H22N2O5. The second kappa shape index (κ2) is 9.38. The number of nitrogens with one attached hydrogen (secondary N) is 1. The predicted molar refractivity (Wildman–Crippen MR) is 101 cm³/mol. The van der Waals surface area contributed by atoms with E-state index in [0.29, 0.717) is 17.2 Å². The quantitative estimate of drug-likeness (QED) is 0.550. The largest absolute Gasteiger partial charge is 0.483 e. The van der Waals surface area contributed by atoms with Crippen LogP contribution in [0.25, 0.3) is 0 Å². The Kier molecular flexibility index (Phi) is 6.93. The highest BCUT2D eigenvalue weighted by Crippen LogP contribution is 2.18. The van der Waals surface area contributed by atoms with Crippen molar-refractivity contribution in [2.45, 2.75) is 20.8 Å². The number of nitrogens with zero attached hydrogens (tertiary/aromatic N) is 1. The van der Waals surface area contributed by atoms with Gasteiger partial charge in [0.25, 0.3) is 5.91 Å². The first-order valence-corrected chi connectivity index (χ1v) is 8.33. The maximum atomic E-state index is 11.9. The fourth-order valence-electron chi connectivity index (χ4n) is 2.19. The van der Waals surface area contributed by atoms with Crippen LogP contribution in [0.15, 0.2) is 47.6 Å². The van der Waals surface area contributed by atoms with Crippen LogP contribution in [-0.4, -0.2) is 35.9 Å². The number of carbonyl (C=O) groups is 2. The molecule has 0 radical (unpaired) electrons. The summed E-state index contributed by atoms with van der Waals surface area (Å²) in [4.78, 5) is 22.4. The molecule has 0 spiro atoms. The molecule has 0 atom stereocenters. The Bertz CT molecular complexity index is 844. The Balaban J connectivity index is 1.87. The Morgan fingerprint density at radius 2 is 1.74 bits per heavy atom. The van der Waals surface area contributed by atoms with Gasteiger partial charge < -0.3 is 14.6 Å². The van der Waals surface area contributed by atoms with E-state index in [1.807, 2.05) is 32.0 Å². The van der Waals surface area contributed by atoms with Crippen LogP contribution in [0.2, 0.25) is 0 Å². The minimum Gasteiger partial charge on any atom is -0.483 e. The van der Waals surface area contributed by atoms with Crippen molar-refractivity contribution < 1.29 is 24.2 Å². The lowest BCUT2D eigenvalue weighted by molar-refractivity contribution is -0.139. The molecule has 0 aliphatic rings. The number of carboxylic acid groups (broad SMARTS) is 1. The molecule has 2 N–H and O–H groups in total. The Morgan fingerprint density at radius 3 is 2.41 bits per heavy atom. The van der Waals surface area contributed by atoms with Crippen LogP contribution >= 0.6 is 0 Å². The predicted octanol–water partition coefficient (Wildman–Crippen LogP) is 2.69. The first-order chi connectivity index (χ1) is 12.8. The molecule has 0 aliphatic carbocycles. The van der Waals surface area contributed by atoms with Crippen molar-refractivity contribution in [2.24, 2.45) is 5.10 Å². The summed E-state index contributed by atoms with van der Waals surface area (Å²) < 4.78 is 10.6. The SMILES string of the molecule is C/C(=N/NC(=O)COc1cc(C)ccc1C)c1ccc(OCC(=O)O)cc1. The van der Waals surface area contributed by atoms with E-state index in [9.17, 15) is 9.59 Å². The van der Waals surface area contributed by atoms with E-state index in [1.165, 1.54) is 0 Å². The molecule has 2 aromatic carbocycles. The second-order valence-electron chi connectivity index (χ2n) is 6.00. The van der Waals surface area contributed by atoms with E-state index in [-0.39, 0.29) is 12.5 Å². The molecule has 7 heteroatoms. The van der Waals surface area contributed by atoms with Gasteiger partial charge in [-0.05, 0) is 67.8 Å². The van der Waals surface area contributed by atoms with E-state index in [0.717, 1.165) is 16.7 Å². The third-order valence-corrected chi connectivity index (χ3v) is 3.69. The lowest BCUT2D eigenvalue weighted by Gasteiger charge is -2.09. The van der Waals surface area contributed by atoms with Crippen molar-refractivity contribution in [3.8, 4) is 11.5 Å². The summed E-state index contributed by atoms with van der Waals surface area (Å²) >= 11 is 0. The average Bonchev–Trinajstić information content (AvgIpc) is 2.65. The molecule has 142 valence electrons. The molecule has 0 saturated heterocycles. The molecule has 0 unspecified atom stereocenters. The van der Waals surface area contributed by atoms with E-state index in [4.69, 9.17) is 14.6 Å². The van der Waals surface area contributed by atoms with Gasteiger partial charge in [-0.1, -0.05) is 12.1 Å². The van der Waals surface area contributed by atoms with Crippen LogP contribution in [-0.2, 0) is 9.59 Å². The van der Waals surface area contributed by atoms with Crippen molar-refractivity contribution >= 4 is 17.6 Å². The van der Waals surface area contributed by atoms with Gasteiger partial charge in [-0.2, -0.15) is 5.10 Å². The van der Waals surface area contributed by atoms with Gasteiger partial charge in [-0.25, -0.2) is 10.2 Å². The lowest BCUT2D eigenvalue weighted by atomic mass is 10.1. The minimum atomic E-state index is -1.04. The fraction of sp³-hybridized carbons (Fsp3) is 0.250. The molecule has 0 aromatic heterocycles. The van der Waals surface area contributed by atoms with Gasteiger partial charge in [0, 0.05) is 0 Å². The summed E-state index contributed by atoms with van der Waals surface area (Å²) in [6.07, 6.45) is 0. The van der Waals surface area contributed by atoms with Crippen molar-refractivity contribution in [3.05, 3.63) is 59.2 Å². The van der Waals surface area contributed by atoms with Gasteiger partial charge in [0.05, 0.1) is 5.71 Å². The highest BCUT2D eigenvalue weighted by Gasteiger charge is 2.06. The van der Waals surface area contributed by atoms with Gasteiger partial charge in [-0.15, -0.1) is 0 Å². The first kappa shape index (κ1) is 20.0. The van der Waals surface area contributed by atoms with Gasteiger partial charge in [0.15, 0.2) is 13.2 Å². The number of hydrogen-bond acceptors (Lipinski definition) is 5. The number of aryl methyl sites for hydroxylation is 2. The molecule has 0 heterocycles. The van der Waals surface area contributed by atoms with Crippen molar-refractivity contribution in [1.29, 1.82) is 0 Å². The number of ether oxygens (including phenoxy) is 2. The third kappa shape index (κ3) is 6.47. The van der Waals surface area contributed by atoms with Crippen LogP contribution in [0.3, 0.4) is 0 Å². The molecule has 1 amide bonds. The van der Waals surface area contributed by atoms with Gasteiger partial charge in [0.2, 0.25) is 0 Å². The van der Waals surface area contributed by atoms with E-state index in [2.05, 4.69) is 10.5 Å². The summed E-state index contributed by atoms with van der Waals surface area (Å²) in [5, 5.41) is 12.6. The van der Waals surface area contributed by atoms with Gasteiger partial charge in [0.1, 0.15) is 11.5 Å². The molecule has 27 heavy (non-hydrogen) atoms. The lowest BCUT2D eigenvalue weighted by Crippen LogP contribution is -2.25. The smallest absolute Gasteiger partial charge is 0.341 e. The molecule has 2 aromatic rings. The number of rotatable bonds is 8. The van der Waals surface area contributed by atoms with Crippen LogP contribution in [0.1, 0.15) is 23.6 Å². The average molecular weight is 370 g/mol. The fourth-order valence-corrected chi connectivity index (χ4v) is 2.19. The zero-order valence-corrected chi connectivity index (χ0v) is 15.5. The third-order valence-electron chi connectivity index (χ3n) is 3.69. The van der Waals surface area contributed by atoms with Crippen LogP contribution in [0, 0.1) is 13.8 Å². The number of amides is 1. The molecule has 0 bridgehead atoms. The molecular weight excluding hydrogens is 348 g/mol. The van der Waals surface area contributed by atoms with Crippen molar-refractivity contribution in [3.63, 3.8) is 0 Å². The van der Waals surface area contributed by atoms with Crippen molar-refractivity contribution in [1.82, 2.24) is 5.43 Å². The minimum absolute atomic E-state index is 0.136. The summed E-state index contributed by atoms with van der Waals surface area (Å²) in [6.45, 7) is 5.09. The Morgan fingerprint density at radius 1 is 1.04 bits per heavy atom. The highest BCUT2D eigenvalue weighted by molar-refractivity contribution is 5.99. The summed E-state index contributed by atoms with van der Waals surface area (Å²) in [6, 6.07) is 12.5. The van der Waals surface area contributed by atoms with Gasteiger partial charge in [-0.3, -0.25) is 4.79 Å². The van der Waals surface area contributed by atoms with Crippen molar-refractivity contribution in [2.75, 3.05) is 13.2 Å². The van der Waals surface area contributed by atoms with Crippen LogP contribution in [0.5, 0.6) is 11.5 Å². The molecule has 0 saturated carbocycles. The molecule has 7 nitrogen and oxygen atoms in total. The number of aliphatic carboxylic acids is 1. The standard InChI is InChI=1S/C20H22N2O5/c1-13-4-5-14(2)18(10-13)27-11-19(23)22-21-15(3)16-6-8-17(9-7-16)26-12-20(24)25/h4-10H,11-12H2,1-3H3,(H,22,23)(H,24,25)/b21-15-. The normalized spacial score (nSPS) is 11.0. The molecule has 0 fully saturated rings. The zero-order valence-electron chi connectivity index (χ0n) is 15.5. The second-order valence-corrected chi connectivity index (χ2v) is 6.00. The highest BCUT2D eigenvalue weighted by atomic mass is 16.5. The van der Waals surface area contributed by atoms with Crippen LogP contribution < -0.4 is 14.9 Å². The zero-order chi connectivity index (χ0) is 19.8. The number of hydrazone groups is 1. The van der Waals surface area contributed by atoms with Gasteiger partial charge >= 0.3 is 5.97 Å². The first-order valence-electron chi connectivity index (χ1n) is 8.33. The monoisotopic (exact) mass is 370 g/mol. The van der Waals surface area contributed by atoms with Crippen LogP contribution in [0.4, 0.5) is 0 Å².